The molecule has 1 aromatic heterocycles. The van der Waals surface area contributed by atoms with Crippen LogP contribution in [-0.2, 0) is 25.7 Å². The fraction of sp³-hybridized carbons (Fsp3) is 0.261. The molecule has 1 aromatic carbocycles. The van der Waals surface area contributed by atoms with Gasteiger partial charge in [0.25, 0.3) is 11.8 Å². The van der Waals surface area contributed by atoms with Gasteiger partial charge in [-0.25, -0.2) is 4.79 Å². The Balaban J connectivity index is 1.65. The highest BCUT2D eigenvalue weighted by atomic mass is 16.5. The number of furan rings is 1. The van der Waals surface area contributed by atoms with Crippen LogP contribution in [0.3, 0.4) is 0 Å². The van der Waals surface area contributed by atoms with Crippen LogP contribution >= 0.6 is 0 Å². The molecule has 1 aliphatic heterocycles. The lowest BCUT2D eigenvalue weighted by molar-refractivity contribution is -0.136. The number of allylic oxidation sites excluding steroid dienone is 1. The number of esters is 1. The third kappa shape index (κ3) is 5.03. The summed E-state index contributed by atoms with van der Waals surface area (Å²) in [4.78, 5) is 38.3. The maximum Gasteiger partial charge on any atom is 0.340 e. The highest BCUT2D eigenvalue weighted by molar-refractivity contribution is 6.16. The van der Waals surface area contributed by atoms with Crippen LogP contribution in [0.25, 0.3) is 6.08 Å². The van der Waals surface area contributed by atoms with Crippen molar-refractivity contribution in [2.24, 2.45) is 0 Å². The van der Waals surface area contributed by atoms with Crippen LogP contribution in [0.4, 0.5) is 0 Å². The van der Waals surface area contributed by atoms with Gasteiger partial charge in [-0.15, -0.1) is 0 Å². The molecule has 31 heavy (non-hydrogen) atoms. The molecule has 0 aliphatic carbocycles. The minimum Gasteiger partial charge on any atom is -0.484 e. The highest BCUT2D eigenvalue weighted by Gasteiger charge is 2.36. The molecule has 8 heteroatoms. The van der Waals surface area contributed by atoms with Gasteiger partial charge >= 0.3 is 5.97 Å². The first-order chi connectivity index (χ1) is 14.9. The first kappa shape index (κ1) is 21.9. The van der Waals surface area contributed by atoms with E-state index in [0.29, 0.717) is 35.9 Å². The molecule has 0 fully saturated rings. The molecule has 1 N–H and O–H groups in total. The standard InChI is InChI=1S/C23H24N2O6/c1-4-25-15(2)21(23(28)29-3)19(22(25)27)12-16-7-9-17(10-8-16)31-14-20(26)24-13-18-6-5-11-30-18/h5-12H,4,13-14H2,1-3H3,(H,24,26)/b19-12-. The number of hydrogen-bond acceptors (Lipinski definition) is 6. The molecule has 0 radical (unpaired) electrons. The third-order valence-corrected chi connectivity index (χ3v) is 4.82. The molecule has 2 aromatic rings. The van der Waals surface area contributed by atoms with Gasteiger partial charge in [-0.1, -0.05) is 12.1 Å². The number of amides is 2. The van der Waals surface area contributed by atoms with Gasteiger partial charge in [-0.05, 0) is 49.8 Å². The molecule has 2 amide bonds. The Morgan fingerprint density at radius 2 is 1.94 bits per heavy atom. The smallest absolute Gasteiger partial charge is 0.340 e. The van der Waals surface area contributed by atoms with Gasteiger partial charge in [0, 0.05) is 12.2 Å². The zero-order valence-corrected chi connectivity index (χ0v) is 17.6. The van der Waals surface area contributed by atoms with Crippen LogP contribution in [0.1, 0.15) is 25.2 Å². The fourth-order valence-electron chi connectivity index (χ4n) is 3.23. The maximum atomic E-state index is 12.7. The molecule has 0 saturated heterocycles. The fourth-order valence-corrected chi connectivity index (χ4v) is 3.23. The van der Waals surface area contributed by atoms with E-state index in [1.165, 1.54) is 12.0 Å². The lowest BCUT2D eigenvalue weighted by atomic mass is 10.0. The quantitative estimate of drug-likeness (QED) is 0.517. The zero-order valence-electron chi connectivity index (χ0n) is 17.6. The van der Waals surface area contributed by atoms with Crippen molar-refractivity contribution in [1.29, 1.82) is 0 Å². The molecule has 0 spiro atoms. The minimum atomic E-state index is -0.548. The molecule has 162 valence electrons. The van der Waals surface area contributed by atoms with E-state index in [9.17, 15) is 14.4 Å². The number of carbonyl (C=O) groups excluding carboxylic acids is 3. The second-order valence-corrected chi connectivity index (χ2v) is 6.77. The maximum absolute atomic E-state index is 12.7. The van der Waals surface area contributed by atoms with Gasteiger partial charge in [0.2, 0.25) is 0 Å². The highest BCUT2D eigenvalue weighted by Crippen LogP contribution is 2.31. The Hall–Kier alpha value is -3.81. The molecule has 0 unspecified atom stereocenters. The number of nitrogens with one attached hydrogen (secondary N) is 1. The molecule has 2 heterocycles. The van der Waals surface area contributed by atoms with Crippen molar-refractivity contribution < 1.29 is 28.3 Å². The number of ether oxygens (including phenoxy) is 2. The number of nitrogens with zero attached hydrogens (tertiary/aromatic N) is 1. The van der Waals surface area contributed by atoms with Crippen LogP contribution in [-0.4, -0.2) is 42.9 Å². The second kappa shape index (κ2) is 9.80. The van der Waals surface area contributed by atoms with E-state index < -0.39 is 5.97 Å². The summed E-state index contributed by atoms with van der Waals surface area (Å²) < 4.78 is 15.5. The lowest BCUT2D eigenvalue weighted by Gasteiger charge is -2.14. The SMILES string of the molecule is CCN1C(=O)/C(=C\c2ccc(OCC(=O)NCc3ccco3)cc2)C(C(=O)OC)=C1C. The third-order valence-electron chi connectivity index (χ3n) is 4.82. The predicted octanol–water partition coefficient (Wildman–Crippen LogP) is 2.67. The van der Waals surface area contributed by atoms with Gasteiger partial charge < -0.3 is 24.1 Å². The molecule has 8 nitrogen and oxygen atoms in total. The summed E-state index contributed by atoms with van der Waals surface area (Å²) in [5.41, 5.74) is 1.84. The Bertz CT molecular complexity index is 1020. The van der Waals surface area contributed by atoms with E-state index in [-0.39, 0.29) is 29.6 Å². The van der Waals surface area contributed by atoms with Gasteiger partial charge in [0.05, 0.1) is 31.1 Å². The van der Waals surface area contributed by atoms with Gasteiger partial charge in [0.1, 0.15) is 11.5 Å². The van der Waals surface area contributed by atoms with Crippen molar-refractivity contribution in [2.45, 2.75) is 20.4 Å². The van der Waals surface area contributed by atoms with Crippen molar-refractivity contribution in [2.75, 3.05) is 20.3 Å². The zero-order chi connectivity index (χ0) is 22.4. The van der Waals surface area contributed by atoms with Crippen LogP contribution in [0.5, 0.6) is 5.75 Å². The van der Waals surface area contributed by atoms with Crippen LogP contribution in [0.2, 0.25) is 0 Å². The van der Waals surface area contributed by atoms with E-state index in [1.807, 2.05) is 6.92 Å². The molecule has 0 bridgehead atoms. The van der Waals surface area contributed by atoms with Crippen LogP contribution in [0.15, 0.2) is 63.9 Å². The molecule has 3 rings (SSSR count). The van der Waals surface area contributed by atoms with E-state index in [2.05, 4.69) is 5.32 Å². The first-order valence-electron chi connectivity index (χ1n) is 9.79. The lowest BCUT2D eigenvalue weighted by Crippen LogP contribution is -2.28. The topological polar surface area (TPSA) is 98.1 Å². The van der Waals surface area contributed by atoms with Crippen molar-refractivity contribution in [3.8, 4) is 5.75 Å². The first-order valence-corrected chi connectivity index (χ1v) is 9.79. The monoisotopic (exact) mass is 424 g/mol. The van der Waals surface area contributed by atoms with Gasteiger partial charge in [-0.2, -0.15) is 0 Å². The average molecular weight is 424 g/mol. The summed E-state index contributed by atoms with van der Waals surface area (Å²) in [6, 6.07) is 10.4. The van der Waals surface area contributed by atoms with Crippen molar-refractivity contribution in [3.63, 3.8) is 0 Å². The number of benzene rings is 1. The molecule has 0 atom stereocenters. The number of likely N-dealkylation sites (N-methyl/N-ethyl adjacent to an activating group) is 1. The second-order valence-electron chi connectivity index (χ2n) is 6.77. The summed E-state index contributed by atoms with van der Waals surface area (Å²) in [6.45, 7) is 4.18. The Kier molecular flexibility index (Phi) is 6.92. The number of rotatable bonds is 8. The summed E-state index contributed by atoms with van der Waals surface area (Å²) in [6.07, 6.45) is 3.19. The van der Waals surface area contributed by atoms with E-state index in [0.717, 1.165) is 0 Å². The van der Waals surface area contributed by atoms with Crippen molar-refractivity contribution in [1.82, 2.24) is 10.2 Å². The minimum absolute atomic E-state index is 0.139. The predicted molar refractivity (Wildman–Crippen MR) is 113 cm³/mol. The molecular weight excluding hydrogens is 400 g/mol. The Morgan fingerprint density at radius 1 is 1.19 bits per heavy atom. The number of carbonyl (C=O) groups is 3. The van der Waals surface area contributed by atoms with E-state index in [4.69, 9.17) is 13.9 Å². The summed E-state index contributed by atoms with van der Waals surface area (Å²) in [5, 5.41) is 2.70. The Morgan fingerprint density at radius 3 is 2.55 bits per heavy atom. The van der Waals surface area contributed by atoms with Crippen molar-refractivity contribution >= 4 is 23.9 Å². The molecule has 0 saturated carbocycles. The van der Waals surface area contributed by atoms with E-state index >= 15 is 0 Å². The largest absolute Gasteiger partial charge is 0.484 e. The normalized spacial score (nSPS) is 14.9. The number of methoxy groups -OCH3 is 1. The van der Waals surface area contributed by atoms with Gasteiger partial charge in [0.15, 0.2) is 6.61 Å². The Labute approximate surface area is 180 Å². The average Bonchev–Trinajstić information content (AvgIpc) is 3.37. The van der Waals surface area contributed by atoms with Crippen LogP contribution in [0, 0.1) is 0 Å². The van der Waals surface area contributed by atoms with Gasteiger partial charge in [-0.3, -0.25) is 9.59 Å². The number of hydrogen-bond donors (Lipinski definition) is 1. The summed E-state index contributed by atoms with van der Waals surface area (Å²) in [5.74, 6) is 0.0947. The molecular formula is C23H24N2O6. The van der Waals surface area contributed by atoms with Crippen LogP contribution < -0.4 is 10.1 Å². The summed E-state index contributed by atoms with van der Waals surface area (Å²) in [7, 11) is 1.29. The van der Waals surface area contributed by atoms with E-state index in [1.54, 1.807) is 55.7 Å². The van der Waals surface area contributed by atoms with Crippen molar-refractivity contribution in [3.05, 3.63) is 70.8 Å². The molecule has 1 aliphatic rings. The summed E-state index contributed by atoms with van der Waals surface area (Å²) >= 11 is 0.